The normalized spacial score (nSPS) is 17.6. The number of ether oxygens (including phenoxy) is 1. The number of benzene rings is 1. The topological polar surface area (TPSA) is 97.7 Å². The number of aliphatic imine (C=N–C) groups is 1. The van der Waals surface area contributed by atoms with Gasteiger partial charge in [-0.05, 0) is 50.5 Å². The summed E-state index contributed by atoms with van der Waals surface area (Å²) >= 11 is 0. The van der Waals surface area contributed by atoms with Gasteiger partial charge in [-0.25, -0.2) is 4.79 Å². The Kier molecular flexibility index (Phi) is 9.30. The Morgan fingerprint density at radius 1 is 1.03 bits per heavy atom. The average Bonchev–Trinajstić information content (AvgIpc) is 3.34. The molecule has 0 spiro atoms. The SMILES string of the molecule is CCOCCCN=C(Nc1ccc(C(=O)O)cc1)N1CCN(CC(=O)N2CCCC2)CC1. The van der Waals surface area contributed by atoms with E-state index in [0.29, 0.717) is 26.3 Å². The van der Waals surface area contributed by atoms with Gasteiger partial charge in [-0.15, -0.1) is 0 Å². The molecule has 1 amide bonds. The molecule has 2 aliphatic rings. The largest absolute Gasteiger partial charge is 0.478 e. The van der Waals surface area contributed by atoms with Gasteiger partial charge < -0.3 is 25.0 Å². The van der Waals surface area contributed by atoms with Crippen molar-refractivity contribution in [1.82, 2.24) is 14.7 Å². The Morgan fingerprint density at radius 3 is 2.34 bits per heavy atom. The molecule has 0 saturated carbocycles. The van der Waals surface area contributed by atoms with Crippen molar-refractivity contribution in [1.29, 1.82) is 0 Å². The number of guanidine groups is 1. The number of carbonyl (C=O) groups is 2. The molecule has 0 bridgehead atoms. The molecule has 0 unspecified atom stereocenters. The molecular weight excluding hydrogens is 410 g/mol. The lowest BCUT2D eigenvalue weighted by Crippen LogP contribution is -2.52. The lowest BCUT2D eigenvalue weighted by atomic mass is 10.2. The van der Waals surface area contributed by atoms with Gasteiger partial charge in [0.25, 0.3) is 0 Å². The van der Waals surface area contributed by atoms with Gasteiger partial charge in [0, 0.05) is 64.7 Å². The van der Waals surface area contributed by atoms with E-state index in [1.165, 1.54) is 0 Å². The maximum absolute atomic E-state index is 12.5. The molecule has 9 heteroatoms. The predicted octanol–water partition coefficient (Wildman–Crippen LogP) is 1.82. The van der Waals surface area contributed by atoms with Crippen molar-refractivity contribution in [2.24, 2.45) is 4.99 Å². The summed E-state index contributed by atoms with van der Waals surface area (Å²) in [5.41, 5.74) is 1.05. The van der Waals surface area contributed by atoms with Gasteiger partial charge >= 0.3 is 5.97 Å². The summed E-state index contributed by atoms with van der Waals surface area (Å²) in [7, 11) is 0. The summed E-state index contributed by atoms with van der Waals surface area (Å²) < 4.78 is 5.41. The Balaban J connectivity index is 1.57. The summed E-state index contributed by atoms with van der Waals surface area (Å²) in [5, 5.41) is 12.5. The van der Waals surface area contributed by atoms with E-state index in [1.807, 2.05) is 11.8 Å². The minimum absolute atomic E-state index is 0.234. The molecule has 2 fully saturated rings. The van der Waals surface area contributed by atoms with Crippen molar-refractivity contribution in [2.45, 2.75) is 26.2 Å². The predicted molar refractivity (Wildman–Crippen MR) is 124 cm³/mol. The van der Waals surface area contributed by atoms with Crippen LogP contribution < -0.4 is 5.32 Å². The van der Waals surface area contributed by atoms with Crippen molar-refractivity contribution in [3.63, 3.8) is 0 Å². The Bertz CT molecular complexity index is 769. The van der Waals surface area contributed by atoms with E-state index in [9.17, 15) is 9.59 Å². The molecule has 1 aromatic carbocycles. The van der Waals surface area contributed by atoms with Crippen LogP contribution in [0.2, 0.25) is 0 Å². The monoisotopic (exact) mass is 445 g/mol. The zero-order chi connectivity index (χ0) is 22.8. The van der Waals surface area contributed by atoms with Crippen LogP contribution in [-0.2, 0) is 9.53 Å². The van der Waals surface area contributed by atoms with Gasteiger partial charge in [0.15, 0.2) is 5.96 Å². The lowest BCUT2D eigenvalue weighted by molar-refractivity contribution is -0.131. The maximum Gasteiger partial charge on any atom is 0.335 e. The third kappa shape index (κ3) is 7.20. The second-order valence-corrected chi connectivity index (χ2v) is 8.11. The zero-order valence-corrected chi connectivity index (χ0v) is 19.0. The number of piperazine rings is 1. The Morgan fingerprint density at radius 2 is 1.72 bits per heavy atom. The average molecular weight is 446 g/mol. The molecule has 0 aliphatic carbocycles. The first-order chi connectivity index (χ1) is 15.6. The number of carbonyl (C=O) groups excluding carboxylic acids is 1. The molecule has 2 heterocycles. The number of aromatic carboxylic acids is 1. The van der Waals surface area contributed by atoms with Gasteiger partial charge in [0.05, 0.1) is 12.1 Å². The molecular formula is C23H35N5O4. The Hall–Kier alpha value is -2.65. The molecule has 2 aliphatic heterocycles. The van der Waals surface area contributed by atoms with Crippen LogP contribution in [0.25, 0.3) is 0 Å². The molecule has 2 saturated heterocycles. The van der Waals surface area contributed by atoms with Crippen LogP contribution in [-0.4, -0.2) is 103 Å². The van der Waals surface area contributed by atoms with Crippen LogP contribution in [0.1, 0.15) is 36.5 Å². The fraction of sp³-hybridized carbons (Fsp3) is 0.609. The molecule has 1 aromatic rings. The minimum atomic E-state index is -0.944. The molecule has 0 aromatic heterocycles. The number of anilines is 1. The first-order valence-electron chi connectivity index (χ1n) is 11.5. The van der Waals surface area contributed by atoms with E-state index in [1.54, 1.807) is 24.3 Å². The number of carboxylic acids is 1. The summed E-state index contributed by atoms with van der Waals surface area (Å²) in [6, 6.07) is 6.67. The number of nitrogens with zero attached hydrogens (tertiary/aromatic N) is 4. The number of likely N-dealkylation sites (tertiary alicyclic amines) is 1. The van der Waals surface area contributed by atoms with E-state index >= 15 is 0 Å². The van der Waals surface area contributed by atoms with Crippen LogP contribution in [0.5, 0.6) is 0 Å². The molecule has 176 valence electrons. The second-order valence-electron chi connectivity index (χ2n) is 8.11. The van der Waals surface area contributed by atoms with Crippen molar-refractivity contribution in [3.8, 4) is 0 Å². The lowest BCUT2D eigenvalue weighted by Gasteiger charge is -2.36. The number of rotatable bonds is 9. The van der Waals surface area contributed by atoms with Gasteiger partial charge in [0.2, 0.25) is 5.91 Å². The smallest absolute Gasteiger partial charge is 0.335 e. The summed E-state index contributed by atoms with van der Waals surface area (Å²) in [6.07, 6.45) is 3.06. The van der Waals surface area contributed by atoms with Crippen LogP contribution >= 0.6 is 0 Å². The fourth-order valence-electron chi connectivity index (χ4n) is 3.92. The van der Waals surface area contributed by atoms with Gasteiger partial charge in [0.1, 0.15) is 0 Å². The molecule has 3 rings (SSSR count). The molecule has 0 atom stereocenters. The van der Waals surface area contributed by atoms with Crippen molar-refractivity contribution in [3.05, 3.63) is 29.8 Å². The van der Waals surface area contributed by atoms with Crippen molar-refractivity contribution < 1.29 is 19.4 Å². The van der Waals surface area contributed by atoms with Crippen LogP contribution in [0, 0.1) is 0 Å². The highest BCUT2D eigenvalue weighted by Crippen LogP contribution is 2.13. The number of hydrogen-bond acceptors (Lipinski definition) is 5. The van der Waals surface area contributed by atoms with Gasteiger partial charge in [-0.2, -0.15) is 0 Å². The maximum atomic E-state index is 12.5. The van der Waals surface area contributed by atoms with Crippen LogP contribution in [0.3, 0.4) is 0 Å². The van der Waals surface area contributed by atoms with E-state index in [2.05, 4.69) is 15.1 Å². The van der Waals surface area contributed by atoms with Crippen molar-refractivity contribution >= 4 is 23.5 Å². The van der Waals surface area contributed by atoms with Gasteiger partial charge in [-0.1, -0.05) is 0 Å². The first-order valence-corrected chi connectivity index (χ1v) is 11.5. The number of nitrogens with one attached hydrogen (secondary N) is 1. The van der Waals surface area contributed by atoms with Crippen LogP contribution in [0.15, 0.2) is 29.3 Å². The van der Waals surface area contributed by atoms with E-state index in [0.717, 1.165) is 70.2 Å². The highest BCUT2D eigenvalue weighted by Gasteiger charge is 2.24. The number of amides is 1. The summed E-state index contributed by atoms with van der Waals surface area (Å²) in [4.78, 5) is 34.7. The Labute approximate surface area is 190 Å². The highest BCUT2D eigenvalue weighted by atomic mass is 16.5. The minimum Gasteiger partial charge on any atom is -0.478 e. The van der Waals surface area contributed by atoms with E-state index < -0.39 is 5.97 Å². The van der Waals surface area contributed by atoms with Crippen LogP contribution in [0.4, 0.5) is 5.69 Å². The molecule has 9 nitrogen and oxygen atoms in total. The first kappa shape index (κ1) is 24.0. The quantitative estimate of drug-likeness (QED) is 0.340. The zero-order valence-electron chi connectivity index (χ0n) is 19.0. The number of hydrogen-bond donors (Lipinski definition) is 2. The third-order valence-corrected chi connectivity index (χ3v) is 5.79. The molecule has 32 heavy (non-hydrogen) atoms. The fourth-order valence-corrected chi connectivity index (χ4v) is 3.92. The summed E-state index contributed by atoms with van der Waals surface area (Å²) in [6.45, 7) is 9.41. The highest BCUT2D eigenvalue weighted by molar-refractivity contribution is 5.94. The second kappa shape index (κ2) is 12.4. The van der Waals surface area contributed by atoms with Crippen molar-refractivity contribution in [2.75, 3.05) is 70.9 Å². The third-order valence-electron chi connectivity index (χ3n) is 5.79. The van der Waals surface area contributed by atoms with E-state index in [4.69, 9.17) is 14.8 Å². The summed E-state index contributed by atoms with van der Waals surface area (Å²) in [5.74, 6) is 0.0634. The van der Waals surface area contributed by atoms with Gasteiger partial charge in [-0.3, -0.25) is 14.7 Å². The number of carboxylic acid groups (broad SMARTS) is 1. The molecule has 0 radical (unpaired) electrons. The van der Waals surface area contributed by atoms with E-state index in [-0.39, 0.29) is 11.5 Å². The molecule has 2 N–H and O–H groups in total. The standard InChI is InChI=1S/C23H35N5O4/c1-2-32-17-5-10-24-23(25-20-8-6-19(7-9-20)22(30)31)28-15-13-26(14-16-28)18-21(29)27-11-3-4-12-27/h6-9H,2-5,10-18H2,1H3,(H,24,25)(H,30,31).